The van der Waals surface area contributed by atoms with Crippen LogP contribution in [0.5, 0.6) is 0 Å². The van der Waals surface area contributed by atoms with Gasteiger partial charge in [0, 0.05) is 6.42 Å². The molecule has 0 amide bonds. The van der Waals surface area contributed by atoms with Gasteiger partial charge in [-0.2, -0.15) is 0 Å². The minimum absolute atomic E-state index is 0.501. The highest BCUT2D eigenvalue weighted by molar-refractivity contribution is 5.73. The molecule has 0 saturated carbocycles. The fourth-order valence-corrected chi connectivity index (χ4v) is 0.745. The van der Waals surface area contributed by atoms with Gasteiger partial charge in [0.05, 0.1) is 5.76 Å². The van der Waals surface area contributed by atoms with Crippen LogP contribution in [0.15, 0.2) is 11.8 Å². The Hall–Kier alpha value is -0.990. The van der Waals surface area contributed by atoms with Gasteiger partial charge in [0.1, 0.15) is 0 Å². The van der Waals surface area contributed by atoms with Gasteiger partial charge < -0.3 is 9.84 Å². The summed E-state index contributed by atoms with van der Waals surface area (Å²) in [7, 11) is 0. The number of rotatable bonds is 1. The van der Waals surface area contributed by atoms with E-state index in [2.05, 4.69) is 0 Å². The summed E-state index contributed by atoms with van der Waals surface area (Å²) in [6.07, 6.45) is 1.64. The molecule has 0 spiro atoms. The summed E-state index contributed by atoms with van der Waals surface area (Å²) in [6.45, 7) is 1.75. The Morgan fingerprint density at radius 1 is 2.00 bits per heavy atom. The number of carboxylic acids is 1. The van der Waals surface area contributed by atoms with E-state index in [4.69, 9.17) is 9.84 Å². The molecule has 1 rings (SSSR count). The van der Waals surface area contributed by atoms with E-state index in [1.807, 2.05) is 0 Å². The van der Waals surface area contributed by atoms with Crippen molar-refractivity contribution in [1.82, 2.24) is 0 Å². The number of aliphatic carboxylic acids is 1. The van der Waals surface area contributed by atoms with Crippen molar-refractivity contribution in [2.24, 2.45) is 0 Å². The van der Waals surface area contributed by atoms with E-state index in [0.29, 0.717) is 12.2 Å². The maximum atomic E-state index is 10.2. The molecule has 0 aliphatic carbocycles. The monoisotopic (exact) mass is 128 g/mol. The summed E-state index contributed by atoms with van der Waals surface area (Å²) in [6, 6.07) is 0. The lowest BCUT2D eigenvalue weighted by Gasteiger charge is -2.04. The van der Waals surface area contributed by atoms with Gasteiger partial charge in [-0.1, -0.05) is 0 Å². The van der Waals surface area contributed by atoms with Crippen molar-refractivity contribution in [1.29, 1.82) is 0 Å². The topological polar surface area (TPSA) is 46.5 Å². The summed E-state index contributed by atoms with van der Waals surface area (Å²) < 4.78 is 4.88. The quantitative estimate of drug-likeness (QED) is 0.567. The number of hydrogen-bond acceptors (Lipinski definition) is 2. The molecule has 0 radical (unpaired) electrons. The standard InChI is InChI=1S/C6H8O3/c1-4-2-3-5(9-4)6(7)8/h2,5H,3H2,1H3,(H,7,8). The van der Waals surface area contributed by atoms with E-state index in [1.54, 1.807) is 13.0 Å². The Labute approximate surface area is 52.9 Å². The third-order valence-corrected chi connectivity index (χ3v) is 1.22. The van der Waals surface area contributed by atoms with Gasteiger partial charge in [-0.15, -0.1) is 0 Å². The molecule has 1 aliphatic heterocycles. The number of allylic oxidation sites excluding steroid dienone is 1. The van der Waals surface area contributed by atoms with E-state index in [-0.39, 0.29) is 0 Å². The lowest BCUT2D eigenvalue weighted by Crippen LogP contribution is -2.18. The summed E-state index contributed by atoms with van der Waals surface area (Å²) in [5.74, 6) is -0.175. The van der Waals surface area contributed by atoms with E-state index in [0.717, 1.165) is 0 Å². The van der Waals surface area contributed by atoms with E-state index < -0.39 is 12.1 Å². The van der Waals surface area contributed by atoms with Crippen LogP contribution in [0, 0.1) is 0 Å². The van der Waals surface area contributed by atoms with Crippen molar-refractivity contribution >= 4 is 5.97 Å². The molecule has 3 heteroatoms. The Bertz CT molecular complexity index is 160. The lowest BCUT2D eigenvalue weighted by atomic mass is 10.3. The SMILES string of the molecule is CC1=CCC(C(=O)O)O1. The smallest absolute Gasteiger partial charge is 0.345 e. The average Bonchev–Trinajstić information content (AvgIpc) is 2.14. The Morgan fingerprint density at radius 2 is 2.67 bits per heavy atom. The Morgan fingerprint density at radius 3 is 2.89 bits per heavy atom. The average molecular weight is 128 g/mol. The Kier molecular flexibility index (Phi) is 1.42. The van der Waals surface area contributed by atoms with E-state index in [9.17, 15) is 4.79 Å². The molecule has 0 aromatic heterocycles. The second-order valence-electron chi connectivity index (χ2n) is 2.00. The van der Waals surface area contributed by atoms with Gasteiger partial charge >= 0.3 is 5.97 Å². The summed E-state index contributed by atoms with van der Waals surface area (Å²) in [4.78, 5) is 10.2. The van der Waals surface area contributed by atoms with Crippen LogP contribution in [0.1, 0.15) is 13.3 Å². The zero-order chi connectivity index (χ0) is 6.85. The largest absolute Gasteiger partial charge is 0.483 e. The van der Waals surface area contributed by atoms with Gasteiger partial charge in [0.2, 0.25) is 0 Å². The minimum atomic E-state index is -0.886. The molecular weight excluding hydrogens is 120 g/mol. The normalized spacial score (nSPS) is 25.0. The first-order chi connectivity index (χ1) is 4.20. The van der Waals surface area contributed by atoms with Crippen molar-refractivity contribution in [2.75, 3.05) is 0 Å². The van der Waals surface area contributed by atoms with Crippen LogP contribution in [0.3, 0.4) is 0 Å². The first-order valence-electron chi connectivity index (χ1n) is 2.76. The second kappa shape index (κ2) is 2.09. The molecule has 0 fully saturated rings. The molecule has 0 aromatic carbocycles. The van der Waals surface area contributed by atoms with Gasteiger partial charge in [-0.3, -0.25) is 0 Å². The second-order valence-corrected chi connectivity index (χ2v) is 2.00. The van der Waals surface area contributed by atoms with Crippen LogP contribution in [-0.4, -0.2) is 17.2 Å². The number of ether oxygens (including phenoxy) is 1. The van der Waals surface area contributed by atoms with Gasteiger partial charge in [-0.05, 0) is 13.0 Å². The number of carbonyl (C=O) groups is 1. The lowest BCUT2D eigenvalue weighted by molar-refractivity contribution is -0.146. The van der Waals surface area contributed by atoms with E-state index in [1.165, 1.54) is 0 Å². The molecule has 3 nitrogen and oxygen atoms in total. The molecule has 9 heavy (non-hydrogen) atoms. The van der Waals surface area contributed by atoms with Gasteiger partial charge in [-0.25, -0.2) is 4.79 Å². The zero-order valence-corrected chi connectivity index (χ0v) is 5.13. The fourth-order valence-electron chi connectivity index (χ4n) is 0.745. The Balaban J connectivity index is 2.47. The molecule has 1 heterocycles. The van der Waals surface area contributed by atoms with Crippen LogP contribution < -0.4 is 0 Å². The molecule has 1 aliphatic rings. The van der Waals surface area contributed by atoms with Crippen molar-refractivity contribution in [3.8, 4) is 0 Å². The molecule has 1 unspecified atom stereocenters. The molecule has 0 bridgehead atoms. The maximum absolute atomic E-state index is 10.2. The predicted octanol–water partition coefficient (Wildman–Crippen LogP) is 0.764. The molecule has 0 saturated heterocycles. The van der Waals surface area contributed by atoms with Crippen molar-refractivity contribution in [2.45, 2.75) is 19.4 Å². The van der Waals surface area contributed by atoms with Crippen molar-refractivity contribution < 1.29 is 14.6 Å². The van der Waals surface area contributed by atoms with Gasteiger partial charge in [0.15, 0.2) is 6.10 Å². The van der Waals surface area contributed by atoms with Crippen LogP contribution in [0.2, 0.25) is 0 Å². The van der Waals surface area contributed by atoms with E-state index >= 15 is 0 Å². The number of carboxylic acid groups (broad SMARTS) is 1. The summed E-state index contributed by atoms with van der Waals surface area (Å²) >= 11 is 0. The predicted molar refractivity (Wildman–Crippen MR) is 30.9 cm³/mol. The first-order valence-corrected chi connectivity index (χ1v) is 2.76. The zero-order valence-electron chi connectivity index (χ0n) is 5.13. The van der Waals surface area contributed by atoms with Crippen LogP contribution >= 0.6 is 0 Å². The molecule has 50 valence electrons. The number of hydrogen-bond donors (Lipinski definition) is 1. The molecular formula is C6H8O3. The van der Waals surface area contributed by atoms with Crippen LogP contribution in [0.4, 0.5) is 0 Å². The van der Waals surface area contributed by atoms with Gasteiger partial charge in [0.25, 0.3) is 0 Å². The molecule has 1 N–H and O–H groups in total. The highest BCUT2D eigenvalue weighted by Crippen LogP contribution is 2.15. The summed E-state index contributed by atoms with van der Waals surface area (Å²) in [5, 5.41) is 8.37. The summed E-state index contributed by atoms with van der Waals surface area (Å²) in [5.41, 5.74) is 0. The van der Waals surface area contributed by atoms with Crippen molar-refractivity contribution in [3.05, 3.63) is 11.8 Å². The first kappa shape index (κ1) is 6.13. The third kappa shape index (κ3) is 1.22. The van der Waals surface area contributed by atoms with Crippen LogP contribution in [0.25, 0.3) is 0 Å². The highest BCUT2D eigenvalue weighted by Gasteiger charge is 2.22. The molecule has 0 aromatic rings. The minimum Gasteiger partial charge on any atom is -0.483 e. The molecule has 1 atom stereocenters. The van der Waals surface area contributed by atoms with Crippen LogP contribution in [-0.2, 0) is 9.53 Å². The fraction of sp³-hybridized carbons (Fsp3) is 0.500. The third-order valence-electron chi connectivity index (χ3n) is 1.22. The highest BCUT2D eigenvalue weighted by atomic mass is 16.5. The maximum Gasteiger partial charge on any atom is 0.345 e. The van der Waals surface area contributed by atoms with Crippen molar-refractivity contribution in [3.63, 3.8) is 0 Å².